The molecule has 6 heteroatoms. The van der Waals surface area contributed by atoms with E-state index in [-0.39, 0.29) is 31.1 Å². The van der Waals surface area contributed by atoms with Crippen molar-refractivity contribution in [1.29, 1.82) is 0 Å². The topological polar surface area (TPSA) is 78.9 Å². The van der Waals surface area contributed by atoms with E-state index in [9.17, 15) is 14.4 Å². The van der Waals surface area contributed by atoms with E-state index in [1.807, 2.05) is 0 Å². The largest absolute Gasteiger partial charge is 0.462 e. The Bertz CT molecular complexity index is 824. The predicted molar refractivity (Wildman–Crippen MR) is 229 cm³/mol. The van der Waals surface area contributed by atoms with Crippen molar-refractivity contribution in [1.82, 2.24) is 0 Å². The third-order valence-corrected chi connectivity index (χ3v) is 10.7. The van der Waals surface area contributed by atoms with Gasteiger partial charge in [0.05, 0.1) is 0 Å². The van der Waals surface area contributed by atoms with Crippen LogP contribution in [0.1, 0.15) is 259 Å². The molecule has 0 spiro atoms. The van der Waals surface area contributed by atoms with Gasteiger partial charge in [0.25, 0.3) is 0 Å². The number of hydrogen-bond donors (Lipinski definition) is 0. The Morgan fingerprint density at radius 2 is 0.611 bits per heavy atom. The molecule has 1 atom stereocenters. The minimum atomic E-state index is -0.761. The van der Waals surface area contributed by atoms with Gasteiger partial charge in [-0.25, -0.2) is 0 Å². The summed E-state index contributed by atoms with van der Waals surface area (Å²) < 4.78 is 16.7. The Morgan fingerprint density at radius 1 is 0.352 bits per heavy atom. The van der Waals surface area contributed by atoms with Gasteiger partial charge in [-0.2, -0.15) is 0 Å². The maximum Gasteiger partial charge on any atom is 0.306 e. The van der Waals surface area contributed by atoms with Crippen LogP contribution in [0.4, 0.5) is 0 Å². The Balaban J connectivity index is 4.27. The fourth-order valence-electron chi connectivity index (χ4n) is 7.11. The number of unbranched alkanes of at least 4 members (excludes halogenated alkanes) is 27. The van der Waals surface area contributed by atoms with Crippen molar-refractivity contribution in [3.8, 4) is 0 Å². The minimum Gasteiger partial charge on any atom is -0.462 e. The highest BCUT2D eigenvalue weighted by Crippen LogP contribution is 2.17. The summed E-state index contributed by atoms with van der Waals surface area (Å²) >= 11 is 0. The lowest BCUT2D eigenvalue weighted by Crippen LogP contribution is -2.30. The predicted octanol–water partition coefficient (Wildman–Crippen LogP) is 15.0. The fourth-order valence-corrected chi connectivity index (χ4v) is 7.11. The molecule has 320 valence electrons. The molecule has 0 saturated heterocycles. The molecule has 0 unspecified atom stereocenters. The Morgan fingerprint density at radius 3 is 0.907 bits per heavy atom. The molecule has 0 radical (unpaired) electrons. The van der Waals surface area contributed by atoms with Crippen molar-refractivity contribution >= 4 is 17.9 Å². The molecular weight excluding hydrogens is 673 g/mol. The van der Waals surface area contributed by atoms with Crippen molar-refractivity contribution in [2.45, 2.75) is 265 Å². The van der Waals surface area contributed by atoms with Gasteiger partial charge in [-0.15, -0.1) is 0 Å². The van der Waals surface area contributed by atoms with Gasteiger partial charge in [0.15, 0.2) is 6.10 Å². The lowest BCUT2D eigenvalue weighted by molar-refractivity contribution is -0.167. The van der Waals surface area contributed by atoms with Crippen molar-refractivity contribution < 1.29 is 28.6 Å². The van der Waals surface area contributed by atoms with Crippen LogP contribution in [0.3, 0.4) is 0 Å². The third kappa shape index (κ3) is 41.6. The molecule has 6 nitrogen and oxygen atoms in total. The number of hydrogen-bond acceptors (Lipinski definition) is 6. The summed E-state index contributed by atoms with van der Waals surface area (Å²) in [6.45, 7) is 11.2. The van der Waals surface area contributed by atoms with Crippen molar-refractivity contribution in [2.24, 2.45) is 11.8 Å². The van der Waals surface area contributed by atoms with Crippen LogP contribution < -0.4 is 0 Å². The zero-order chi connectivity index (χ0) is 39.7. The summed E-state index contributed by atoms with van der Waals surface area (Å²) in [5.41, 5.74) is 0. The normalized spacial score (nSPS) is 12.1. The van der Waals surface area contributed by atoms with Gasteiger partial charge < -0.3 is 14.2 Å². The quantitative estimate of drug-likeness (QED) is 0.0350. The van der Waals surface area contributed by atoms with Crippen LogP contribution >= 0.6 is 0 Å². The van der Waals surface area contributed by atoms with Crippen LogP contribution in [-0.2, 0) is 28.6 Å². The van der Waals surface area contributed by atoms with E-state index in [1.54, 1.807) is 0 Å². The molecule has 0 saturated carbocycles. The van der Waals surface area contributed by atoms with Crippen LogP contribution in [0, 0.1) is 11.8 Å². The lowest BCUT2D eigenvalue weighted by atomic mass is 10.0. The molecule has 0 aliphatic carbocycles. The zero-order valence-corrected chi connectivity index (χ0v) is 36.8. The lowest BCUT2D eigenvalue weighted by Gasteiger charge is -2.18. The Labute approximate surface area is 336 Å². The summed E-state index contributed by atoms with van der Waals surface area (Å²) in [4.78, 5) is 37.7. The number of ether oxygens (including phenoxy) is 3. The van der Waals surface area contributed by atoms with Crippen LogP contribution in [-0.4, -0.2) is 37.2 Å². The molecule has 0 rings (SSSR count). The molecule has 0 N–H and O–H groups in total. The van der Waals surface area contributed by atoms with E-state index < -0.39 is 6.10 Å². The number of rotatable bonds is 42. The van der Waals surface area contributed by atoms with Gasteiger partial charge in [-0.1, -0.05) is 221 Å². The highest BCUT2D eigenvalue weighted by Gasteiger charge is 2.19. The maximum atomic E-state index is 12.7. The zero-order valence-electron chi connectivity index (χ0n) is 36.8. The first kappa shape index (κ1) is 52.4. The molecule has 0 aliphatic heterocycles. The van der Waals surface area contributed by atoms with Crippen LogP contribution in [0.25, 0.3) is 0 Å². The Hall–Kier alpha value is -1.59. The molecule has 0 aliphatic rings. The average Bonchev–Trinajstić information content (AvgIpc) is 3.14. The summed E-state index contributed by atoms with van der Waals surface area (Å²) in [6.07, 6.45) is 39.7. The van der Waals surface area contributed by atoms with Crippen molar-refractivity contribution in [3.63, 3.8) is 0 Å². The monoisotopic (exact) mass is 765 g/mol. The van der Waals surface area contributed by atoms with Gasteiger partial charge in [-0.05, 0) is 31.1 Å². The molecule has 0 bridgehead atoms. The van der Waals surface area contributed by atoms with Gasteiger partial charge in [-0.3, -0.25) is 14.4 Å². The van der Waals surface area contributed by atoms with Crippen molar-refractivity contribution in [2.75, 3.05) is 13.2 Å². The van der Waals surface area contributed by atoms with Crippen LogP contribution in [0.2, 0.25) is 0 Å². The molecule has 0 aromatic carbocycles. The number of carbonyl (C=O) groups is 3. The molecule has 0 aromatic heterocycles. The highest BCUT2D eigenvalue weighted by molar-refractivity contribution is 5.71. The first-order valence-corrected chi connectivity index (χ1v) is 23.7. The first-order chi connectivity index (χ1) is 26.2. The molecular formula is C48H92O6. The first-order valence-electron chi connectivity index (χ1n) is 23.7. The summed E-state index contributed by atoms with van der Waals surface area (Å²) in [6, 6.07) is 0. The summed E-state index contributed by atoms with van der Waals surface area (Å²) in [7, 11) is 0. The second-order valence-corrected chi connectivity index (χ2v) is 17.3. The summed E-state index contributed by atoms with van der Waals surface area (Å²) in [5.74, 6) is 0.683. The number of carbonyl (C=O) groups excluding carboxylic acids is 3. The molecule has 0 aromatic rings. The van der Waals surface area contributed by atoms with E-state index in [0.717, 1.165) is 69.6 Å². The van der Waals surface area contributed by atoms with Crippen LogP contribution in [0.15, 0.2) is 0 Å². The van der Waals surface area contributed by atoms with Gasteiger partial charge in [0.2, 0.25) is 0 Å². The molecule has 0 amide bonds. The maximum absolute atomic E-state index is 12.7. The fraction of sp³-hybridized carbons (Fsp3) is 0.938. The van der Waals surface area contributed by atoms with Gasteiger partial charge in [0, 0.05) is 19.3 Å². The SMILES string of the molecule is CCCCCCCCCCCCCCCCCCCC(=O)O[C@H](COC(=O)CCCCCCCCCC(C)C)COC(=O)CCCCCCCCC(C)C. The average molecular weight is 765 g/mol. The van der Waals surface area contributed by atoms with E-state index >= 15 is 0 Å². The van der Waals surface area contributed by atoms with Gasteiger partial charge >= 0.3 is 17.9 Å². The van der Waals surface area contributed by atoms with E-state index in [4.69, 9.17) is 14.2 Å². The van der Waals surface area contributed by atoms with E-state index in [2.05, 4.69) is 34.6 Å². The van der Waals surface area contributed by atoms with Crippen LogP contribution in [0.5, 0.6) is 0 Å². The number of esters is 3. The highest BCUT2D eigenvalue weighted by atomic mass is 16.6. The Kier molecular flexibility index (Phi) is 39.8. The molecule has 0 heterocycles. The van der Waals surface area contributed by atoms with E-state index in [1.165, 1.54) is 148 Å². The van der Waals surface area contributed by atoms with Crippen molar-refractivity contribution in [3.05, 3.63) is 0 Å². The van der Waals surface area contributed by atoms with E-state index in [0.29, 0.717) is 19.3 Å². The minimum absolute atomic E-state index is 0.0663. The standard InChI is InChI=1S/C48H92O6/c1-6-7-8-9-10-11-12-13-14-15-16-17-18-19-22-30-35-40-48(51)54-45(42-53-47(50)39-34-29-25-24-27-32-37-44(4)5)41-52-46(49)38-33-28-23-20-21-26-31-36-43(2)3/h43-45H,6-42H2,1-5H3/t45-/m1/s1. The van der Waals surface area contributed by atoms with Gasteiger partial charge in [0.1, 0.15) is 13.2 Å². The second kappa shape index (κ2) is 41.1. The third-order valence-electron chi connectivity index (χ3n) is 10.7. The molecule has 0 fully saturated rings. The smallest absolute Gasteiger partial charge is 0.306 e. The second-order valence-electron chi connectivity index (χ2n) is 17.3. The summed E-state index contributed by atoms with van der Waals surface area (Å²) in [5, 5.41) is 0. The molecule has 54 heavy (non-hydrogen) atoms.